The average molecular weight is 360 g/mol. The van der Waals surface area contributed by atoms with Crippen LogP contribution in [0.15, 0.2) is 42.5 Å². The Labute approximate surface area is 159 Å². The predicted molar refractivity (Wildman–Crippen MR) is 107 cm³/mol. The van der Waals surface area contributed by atoms with E-state index in [0.717, 1.165) is 35.5 Å². The molecule has 0 spiro atoms. The molecule has 1 N–H and O–H groups in total. The molecule has 2 aromatic rings. The van der Waals surface area contributed by atoms with Gasteiger partial charge in [0.15, 0.2) is 0 Å². The van der Waals surface area contributed by atoms with Crippen molar-refractivity contribution in [2.45, 2.75) is 32.3 Å². The van der Waals surface area contributed by atoms with Gasteiger partial charge >= 0.3 is 0 Å². The summed E-state index contributed by atoms with van der Waals surface area (Å²) in [4.78, 5) is 15.1. The number of carbonyl (C=O) groups is 1. The van der Waals surface area contributed by atoms with Crippen LogP contribution in [0.5, 0.6) is 0 Å². The summed E-state index contributed by atoms with van der Waals surface area (Å²) in [6.07, 6.45) is 5.11. The first-order valence-electron chi connectivity index (χ1n) is 9.92. The van der Waals surface area contributed by atoms with Gasteiger partial charge < -0.3 is 15.0 Å². The molecule has 0 aromatic heterocycles. The first-order chi connectivity index (χ1) is 13.3. The minimum atomic E-state index is -0.0757. The molecule has 3 aliphatic rings. The third kappa shape index (κ3) is 3.04. The Morgan fingerprint density at radius 3 is 2.74 bits per heavy atom. The standard InChI is InChI=1S/C23H24N2O2/c26-23-21(19-6-2-3-7-20(19)24-23)22-18-9-8-16(14-17(18)15-27-22)10-13-25-11-4-1-5-12-25/h2-3,6-9,14H,1,4-5,10-13,15H2,(H,24,26). The van der Waals surface area contributed by atoms with Gasteiger partial charge in [0.05, 0.1) is 5.57 Å². The molecule has 1 fully saturated rings. The molecular weight excluding hydrogens is 336 g/mol. The molecule has 0 saturated carbocycles. The molecule has 0 radical (unpaired) electrons. The Balaban J connectivity index is 1.41. The van der Waals surface area contributed by atoms with Gasteiger partial charge in [-0.1, -0.05) is 42.8 Å². The van der Waals surface area contributed by atoms with E-state index in [4.69, 9.17) is 4.74 Å². The maximum atomic E-state index is 12.5. The lowest BCUT2D eigenvalue weighted by molar-refractivity contribution is -0.110. The Bertz CT molecular complexity index is 926. The smallest absolute Gasteiger partial charge is 0.260 e. The van der Waals surface area contributed by atoms with Crippen molar-refractivity contribution < 1.29 is 9.53 Å². The number of anilines is 1. The number of amides is 1. The topological polar surface area (TPSA) is 41.6 Å². The Hall–Kier alpha value is -2.59. The number of piperidine rings is 1. The number of para-hydroxylation sites is 1. The van der Waals surface area contributed by atoms with Crippen LogP contribution >= 0.6 is 0 Å². The first kappa shape index (κ1) is 16.6. The third-order valence-corrected chi connectivity index (χ3v) is 5.85. The fraction of sp³-hybridized carbons (Fsp3) is 0.348. The average Bonchev–Trinajstić information content (AvgIpc) is 3.26. The van der Waals surface area contributed by atoms with Crippen LogP contribution in [0.2, 0.25) is 0 Å². The van der Waals surface area contributed by atoms with Crippen molar-refractivity contribution in [2.24, 2.45) is 0 Å². The maximum absolute atomic E-state index is 12.5. The highest BCUT2D eigenvalue weighted by Gasteiger charge is 2.32. The summed E-state index contributed by atoms with van der Waals surface area (Å²) in [7, 11) is 0. The van der Waals surface area contributed by atoms with E-state index in [1.165, 1.54) is 43.5 Å². The minimum Gasteiger partial charge on any atom is -0.487 e. The van der Waals surface area contributed by atoms with Crippen LogP contribution in [-0.4, -0.2) is 30.4 Å². The minimum absolute atomic E-state index is 0.0757. The fourth-order valence-corrected chi connectivity index (χ4v) is 4.39. The zero-order chi connectivity index (χ0) is 18.2. The molecule has 138 valence electrons. The number of benzene rings is 2. The first-order valence-corrected chi connectivity index (χ1v) is 9.92. The SMILES string of the molecule is O=C1Nc2ccccc2C1=C1OCc2cc(CCN3CCCCC3)ccc21. The van der Waals surface area contributed by atoms with Gasteiger partial charge in [-0.2, -0.15) is 0 Å². The van der Waals surface area contributed by atoms with Crippen molar-refractivity contribution in [2.75, 3.05) is 25.0 Å². The largest absolute Gasteiger partial charge is 0.487 e. The molecule has 0 aliphatic carbocycles. The van der Waals surface area contributed by atoms with Gasteiger partial charge in [0.2, 0.25) is 0 Å². The second kappa shape index (κ2) is 6.86. The number of hydrogen-bond donors (Lipinski definition) is 1. The summed E-state index contributed by atoms with van der Waals surface area (Å²) < 4.78 is 5.99. The number of hydrogen-bond acceptors (Lipinski definition) is 3. The van der Waals surface area contributed by atoms with E-state index in [1.54, 1.807) is 0 Å². The lowest BCUT2D eigenvalue weighted by Crippen LogP contribution is -2.31. The van der Waals surface area contributed by atoms with Crippen LogP contribution in [-0.2, 0) is 22.6 Å². The van der Waals surface area contributed by atoms with Gasteiger partial charge in [-0.15, -0.1) is 0 Å². The van der Waals surface area contributed by atoms with Crippen LogP contribution in [0.1, 0.15) is 41.5 Å². The molecule has 0 bridgehead atoms. The van der Waals surface area contributed by atoms with Gasteiger partial charge in [0, 0.05) is 28.9 Å². The summed E-state index contributed by atoms with van der Waals surface area (Å²) in [5, 5.41) is 2.94. The van der Waals surface area contributed by atoms with Crippen molar-refractivity contribution in [3.8, 4) is 0 Å². The lowest BCUT2D eigenvalue weighted by Gasteiger charge is -2.26. The monoisotopic (exact) mass is 360 g/mol. The van der Waals surface area contributed by atoms with E-state index in [2.05, 4.69) is 28.4 Å². The molecule has 0 atom stereocenters. The Kier molecular flexibility index (Phi) is 4.21. The van der Waals surface area contributed by atoms with Crippen molar-refractivity contribution >= 4 is 22.9 Å². The lowest BCUT2D eigenvalue weighted by atomic mass is 9.98. The number of rotatable bonds is 3. The summed E-state index contributed by atoms with van der Waals surface area (Å²) >= 11 is 0. The third-order valence-electron chi connectivity index (χ3n) is 5.85. The molecule has 3 heterocycles. The molecule has 1 amide bonds. The van der Waals surface area contributed by atoms with Crippen molar-refractivity contribution in [3.05, 3.63) is 64.7 Å². The molecule has 2 aromatic carbocycles. The highest BCUT2D eigenvalue weighted by atomic mass is 16.5. The Morgan fingerprint density at radius 1 is 1.00 bits per heavy atom. The van der Waals surface area contributed by atoms with Gasteiger partial charge in [-0.25, -0.2) is 0 Å². The van der Waals surface area contributed by atoms with Crippen LogP contribution in [0.3, 0.4) is 0 Å². The molecule has 4 heteroatoms. The van der Waals surface area contributed by atoms with E-state index < -0.39 is 0 Å². The summed E-state index contributed by atoms with van der Waals surface area (Å²) in [6, 6.07) is 14.4. The molecule has 3 aliphatic heterocycles. The number of fused-ring (bicyclic) bond motifs is 2. The number of nitrogens with one attached hydrogen (secondary N) is 1. The quantitative estimate of drug-likeness (QED) is 0.839. The van der Waals surface area contributed by atoms with E-state index >= 15 is 0 Å². The zero-order valence-corrected chi connectivity index (χ0v) is 15.5. The van der Waals surface area contributed by atoms with E-state index in [1.807, 2.05) is 24.3 Å². The van der Waals surface area contributed by atoms with Crippen molar-refractivity contribution in [1.82, 2.24) is 4.90 Å². The van der Waals surface area contributed by atoms with Crippen molar-refractivity contribution in [3.63, 3.8) is 0 Å². The van der Waals surface area contributed by atoms with E-state index in [-0.39, 0.29) is 5.91 Å². The number of nitrogens with zero attached hydrogens (tertiary/aromatic N) is 1. The van der Waals surface area contributed by atoms with Crippen LogP contribution < -0.4 is 5.32 Å². The molecule has 5 rings (SSSR count). The number of carbonyl (C=O) groups excluding carboxylic acids is 1. The molecule has 1 saturated heterocycles. The Morgan fingerprint density at radius 2 is 1.85 bits per heavy atom. The maximum Gasteiger partial charge on any atom is 0.260 e. The zero-order valence-electron chi connectivity index (χ0n) is 15.5. The van der Waals surface area contributed by atoms with Crippen molar-refractivity contribution in [1.29, 1.82) is 0 Å². The number of likely N-dealkylation sites (tertiary alicyclic amines) is 1. The van der Waals surface area contributed by atoms with Gasteiger partial charge in [0.1, 0.15) is 12.4 Å². The second-order valence-corrected chi connectivity index (χ2v) is 7.64. The van der Waals surface area contributed by atoms with E-state index in [9.17, 15) is 4.79 Å². The number of ether oxygens (including phenoxy) is 1. The summed E-state index contributed by atoms with van der Waals surface area (Å²) in [5.41, 5.74) is 6.04. The molecule has 4 nitrogen and oxygen atoms in total. The predicted octanol–water partition coefficient (Wildman–Crippen LogP) is 4.07. The molecule has 27 heavy (non-hydrogen) atoms. The second-order valence-electron chi connectivity index (χ2n) is 7.64. The van der Waals surface area contributed by atoms with Gasteiger partial charge in [0.25, 0.3) is 5.91 Å². The summed E-state index contributed by atoms with van der Waals surface area (Å²) in [5.74, 6) is 0.642. The fourth-order valence-electron chi connectivity index (χ4n) is 4.39. The summed E-state index contributed by atoms with van der Waals surface area (Å²) in [6.45, 7) is 4.14. The van der Waals surface area contributed by atoms with E-state index in [0.29, 0.717) is 12.2 Å². The van der Waals surface area contributed by atoms with Crippen LogP contribution in [0.25, 0.3) is 11.3 Å². The van der Waals surface area contributed by atoms with Gasteiger partial charge in [-0.3, -0.25) is 4.79 Å². The highest BCUT2D eigenvalue weighted by molar-refractivity contribution is 6.36. The van der Waals surface area contributed by atoms with Gasteiger partial charge in [-0.05, 0) is 44.0 Å². The van der Waals surface area contributed by atoms with Crippen LogP contribution in [0, 0.1) is 0 Å². The van der Waals surface area contributed by atoms with Crippen LogP contribution in [0.4, 0.5) is 5.69 Å². The molecule has 0 unspecified atom stereocenters. The molecular formula is C23H24N2O2. The normalized spacial score (nSPS) is 21.6. The highest BCUT2D eigenvalue weighted by Crippen LogP contribution is 2.41.